The Labute approximate surface area is 215 Å². The van der Waals surface area contributed by atoms with Crippen molar-refractivity contribution < 1.29 is 4.21 Å². The molecule has 1 aromatic carbocycles. The first-order valence-electron chi connectivity index (χ1n) is 11.7. The van der Waals surface area contributed by atoms with Crippen LogP contribution in [0.15, 0.2) is 40.9 Å². The molecule has 9 nitrogen and oxygen atoms in total. The Bertz CT molecular complexity index is 1470. The Morgan fingerprint density at radius 2 is 2.06 bits per heavy atom. The van der Waals surface area contributed by atoms with Crippen LogP contribution >= 0.6 is 11.8 Å². The van der Waals surface area contributed by atoms with Gasteiger partial charge in [0.05, 0.1) is 6.20 Å². The summed E-state index contributed by atoms with van der Waals surface area (Å²) in [6.45, 7) is 2.01. The van der Waals surface area contributed by atoms with Gasteiger partial charge in [0.1, 0.15) is 17.5 Å². The van der Waals surface area contributed by atoms with Crippen LogP contribution in [-0.2, 0) is 22.7 Å². The highest BCUT2D eigenvalue weighted by Gasteiger charge is 2.28. The molecule has 0 spiro atoms. The number of hydrogen-bond acceptors (Lipinski definition) is 10. The van der Waals surface area contributed by atoms with Crippen LogP contribution in [0, 0.1) is 11.3 Å². The minimum Gasteiger partial charge on any atom is -0.324 e. The SMILES string of the molecule is CN1Cc2cc(Nc3ncc(C#N)c(Nc4cccc(N=S(C)(C)=O)n4)n3)cc3c2C(C1)SCCC3. The number of rotatable bonds is 5. The van der Waals surface area contributed by atoms with E-state index in [9.17, 15) is 9.47 Å². The monoisotopic (exact) mass is 520 g/mol. The highest BCUT2D eigenvalue weighted by molar-refractivity contribution is 7.99. The molecule has 1 unspecified atom stereocenters. The summed E-state index contributed by atoms with van der Waals surface area (Å²) in [6.07, 6.45) is 6.84. The molecule has 0 aliphatic carbocycles. The van der Waals surface area contributed by atoms with E-state index in [0.29, 0.717) is 28.7 Å². The zero-order chi connectivity index (χ0) is 25.3. The molecule has 2 aromatic heterocycles. The van der Waals surface area contributed by atoms with Crippen molar-refractivity contribution in [2.24, 2.45) is 4.36 Å². The smallest absolute Gasteiger partial charge is 0.229 e. The summed E-state index contributed by atoms with van der Waals surface area (Å²) in [5.41, 5.74) is 5.49. The molecular formula is C25H28N8OS2. The topological polar surface area (TPSA) is 119 Å². The van der Waals surface area contributed by atoms with Crippen molar-refractivity contribution in [1.82, 2.24) is 19.9 Å². The summed E-state index contributed by atoms with van der Waals surface area (Å²) in [5.74, 6) is 2.70. The van der Waals surface area contributed by atoms with Gasteiger partial charge in [-0.25, -0.2) is 14.2 Å². The molecule has 186 valence electrons. The van der Waals surface area contributed by atoms with Crippen LogP contribution in [0.4, 0.5) is 29.1 Å². The lowest BCUT2D eigenvalue weighted by atomic mass is 9.91. The minimum absolute atomic E-state index is 0.290. The van der Waals surface area contributed by atoms with E-state index >= 15 is 0 Å². The fraction of sp³-hybridized carbons (Fsp3) is 0.360. The fourth-order valence-electron chi connectivity index (χ4n) is 4.59. The van der Waals surface area contributed by atoms with Gasteiger partial charge in [0.25, 0.3) is 0 Å². The molecule has 0 saturated carbocycles. The standard InChI is InChI=1S/C25H28N8OS2/c1-33-14-17-11-19(10-16-6-5-9-35-20(15-33)23(16)17)28-25-27-13-18(12-26)24(31-25)30-21-7-4-8-22(29-21)32-36(2,3)34/h4,7-8,10-11,13,20H,5-6,9,14-15H2,1-3H3,(H2,27,28,29,30,31). The van der Waals surface area contributed by atoms with Crippen LogP contribution < -0.4 is 10.6 Å². The Hall–Kier alpha value is -3.20. The van der Waals surface area contributed by atoms with E-state index in [-0.39, 0.29) is 5.56 Å². The van der Waals surface area contributed by atoms with E-state index < -0.39 is 9.73 Å². The lowest BCUT2D eigenvalue weighted by molar-refractivity contribution is 0.309. The predicted molar refractivity (Wildman–Crippen MR) is 146 cm³/mol. The normalized spacial score (nSPS) is 17.4. The third kappa shape index (κ3) is 5.61. The maximum absolute atomic E-state index is 12.0. The number of nitrogens with zero attached hydrogens (tertiary/aromatic N) is 6. The van der Waals surface area contributed by atoms with Gasteiger partial charge in [0, 0.05) is 46.3 Å². The molecule has 2 aliphatic heterocycles. The molecule has 4 heterocycles. The maximum atomic E-state index is 12.0. The van der Waals surface area contributed by atoms with Crippen molar-refractivity contribution in [3.8, 4) is 6.07 Å². The third-order valence-corrected chi connectivity index (χ3v) is 7.90. The summed E-state index contributed by atoms with van der Waals surface area (Å²) >= 11 is 2.06. The number of nitrogens with one attached hydrogen (secondary N) is 2. The largest absolute Gasteiger partial charge is 0.324 e. The zero-order valence-electron chi connectivity index (χ0n) is 20.5. The molecule has 0 saturated heterocycles. The Morgan fingerprint density at radius 3 is 2.86 bits per heavy atom. The van der Waals surface area contributed by atoms with Gasteiger partial charge in [-0.3, -0.25) is 0 Å². The van der Waals surface area contributed by atoms with Crippen LogP contribution in [0.5, 0.6) is 0 Å². The molecule has 36 heavy (non-hydrogen) atoms. The average Bonchev–Trinajstić information content (AvgIpc) is 3.01. The molecule has 5 rings (SSSR count). The molecule has 2 N–H and O–H groups in total. The second kappa shape index (κ2) is 10.0. The van der Waals surface area contributed by atoms with E-state index in [1.807, 2.05) is 0 Å². The first-order chi connectivity index (χ1) is 17.3. The van der Waals surface area contributed by atoms with Gasteiger partial charge >= 0.3 is 0 Å². The minimum atomic E-state index is -2.35. The number of aryl methyl sites for hydroxylation is 1. The second-order valence-corrected chi connectivity index (χ2v) is 13.2. The van der Waals surface area contributed by atoms with Crippen molar-refractivity contribution in [2.75, 3.05) is 42.5 Å². The van der Waals surface area contributed by atoms with E-state index in [0.717, 1.165) is 25.2 Å². The number of pyridine rings is 1. The highest BCUT2D eigenvalue weighted by Crippen LogP contribution is 2.42. The van der Waals surface area contributed by atoms with Crippen LogP contribution in [0.3, 0.4) is 0 Å². The average molecular weight is 521 g/mol. The van der Waals surface area contributed by atoms with Crippen molar-refractivity contribution in [2.45, 2.75) is 24.6 Å². The predicted octanol–water partition coefficient (Wildman–Crippen LogP) is 4.76. The van der Waals surface area contributed by atoms with Crippen LogP contribution in [-0.4, -0.2) is 55.9 Å². The third-order valence-electron chi connectivity index (χ3n) is 5.96. The van der Waals surface area contributed by atoms with Gasteiger partial charge < -0.3 is 15.5 Å². The molecule has 2 aliphatic rings. The molecule has 0 bridgehead atoms. The van der Waals surface area contributed by atoms with Crippen molar-refractivity contribution >= 4 is 50.6 Å². The van der Waals surface area contributed by atoms with Crippen LogP contribution in [0.1, 0.15) is 33.9 Å². The Kier molecular flexibility index (Phi) is 6.83. The first kappa shape index (κ1) is 24.5. The molecule has 0 amide bonds. The van der Waals surface area contributed by atoms with Gasteiger partial charge in [0.15, 0.2) is 11.6 Å². The summed E-state index contributed by atoms with van der Waals surface area (Å²) in [7, 11) is -0.174. The number of likely N-dealkylation sites (N-methyl/N-ethyl adjacent to an activating group) is 1. The van der Waals surface area contributed by atoms with Crippen molar-refractivity contribution in [1.29, 1.82) is 5.26 Å². The Balaban J connectivity index is 1.44. The summed E-state index contributed by atoms with van der Waals surface area (Å²) in [5, 5.41) is 16.6. The maximum Gasteiger partial charge on any atom is 0.229 e. The number of thioether (sulfide) groups is 1. The second-order valence-electron chi connectivity index (χ2n) is 9.34. The van der Waals surface area contributed by atoms with Gasteiger partial charge in [-0.15, -0.1) is 0 Å². The molecule has 3 aromatic rings. The first-order valence-corrected chi connectivity index (χ1v) is 15.1. The van der Waals surface area contributed by atoms with Crippen LogP contribution in [0.25, 0.3) is 0 Å². The van der Waals surface area contributed by atoms with Crippen molar-refractivity contribution in [3.05, 3.63) is 58.8 Å². The van der Waals surface area contributed by atoms with Gasteiger partial charge in [-0.05, 0) is 66.6 Å². The van der Waals surface area contributed by atoms with Gasteiger partial charge in [-0.2, -0.15) is 26.4 Å². The number of hydrogen-bond donors (Lipinski definition) is 2. The van der Waals surface area contributed by atoms with Crippen LogP contribution in [0.2, 0.25) is 0 Å². The molecular weight excluding hydrogens is 492 g/mol. The molecule has 1 atom stereocenters. The van der Waals surface area contributed by atoms with E-state index in [1.165, 1.54) is 35.1 Å². The lowest BCUT2D eigenvalue weighted by Crippen LogP contribution is -2.29. The van der Waals surface area contributed by atoms with E-state index in [2.05, 4.69) is 71.9 Å². The van der Waals surface area contributed by atoms with E-state index in [1.54, 1.807) is 30.7 Å². The number of nitriles is 1. The Morgan fingerprint density at radius 1 is 1.22 bits per heavy atom. The molecule has 11 heteroatoms. The quantitative estimate of drug-likeness (QED) is 0.491. The summed E-state index contributed by atoms with van der Waals surface area (Å²) in [4.78, 5) is 15.7. The van der Waals surface area contributed by atoms with E-state index in [4.69, 9.17) is 0 Å². The number of benzene rings is 1. The van der Waals surface area contributed by atoms with Crippen molar-refractivity contribution in [3.63, 3.8) is 0 Å². The highest BCUT2D eigenvalue weighted by atomic mass is 32.2. The zero-order valence-corrected chi connectivity index (χ0v) is 22.1. The molecule has 0 fully saturated rings. The fourth-order valence-corrected chi connectivity index (χ4v) is 6.57. The summed E-state index contributed by atoms with van der Waals surface area (Å²) in [6, 6.07) is 11.7. The number of aromatic nitrogens is 3. The van der Waals surface area contributed by atoms with Gasteiger partial charge in [0.2, 0.25) is 5.95 Å². The lowest BCUT2D eigenvalue weighted by Gasteiger charge is -2.33. The van der Waals surface area contributed by atoms with Gasteiger partial charge in [-0.1, -0.05) is 6.07 Å². The molecule has 0 radical (unpaired) electrons. The number of anilines is 4. The summed E-state index contributed by atoms with van der Waals surface area (Å²) < 4.78 is 16.2.